The van der Waals surface area contributed by atoms with Crippen molar-refractivity contribution >= 4 is 10.9 Å². The number of aromatic nitrogens is 1. The predicted molar refractivity (Wildman–Crippen MR) is 82.3 cm³/mol. The van der Waals surface area contributed by atoms with E-state index in [4.69, 9.17) is 0 Å². The maximum absolute atomic E-state index is 3.51. The molecular formula is C16H25N3. The van der Waals surface area contributed by atoms with Gasteiger partial charge in [-0.25, -0.2) is 0 Å². The van der Waals surface area contributed by atoms with Crippen LogP contribution in [-0.4, -0.2) is 24.6 Å². The highest BCUT2D eigenvalue weighted by Crippen LogP contribution is 2.16. The molecule has 104 valence electrons. The zero-order valence-electron chi connectivity index (χ0n) is 12.0. The molecule has 0 radical (unpaired) electrons. The molecule has 3 heteroatoms. The summed E-state index contributed by atoms with van der Waals surface area (Å²) in [7, 11) is 0. The molecule has 0 unspecified atom stereocenters. The Balaban J connectivity index is 1.66. The summed E-state index contributed by atoms with van der Waals surface area (Å²) >= 11 is 0. The molecule has 19 heavy (non-hydrogen) atoms. The van der Waals surface area contributed by atoms with E-state index in [1.165, 1.54) is 22.9 Å². The molecule has 3 N–H and O–H groups in total. The van der Waals surface area contributed by atoms with Gasteiger partial charge in [0.25, 0.3) is 0 Å². The van der Waals surface area contributed by atoms with E-state index in [1.807, 2.05) is 0 Å². The third kappa shape index (κ3) is 4.37. The number of hydrogen-bond acceptors (Lipinski definition) is 2. The molecule has 0 saturated carbocycles. The molecule has 1 aromatic heterocycles. The number of aromatic amines is 1. The number of hydrogen-bond donors (Lipinski definition) is 3. The van der Waals surface area contributed by atoms with E-state index in [2.05, 4.69) is 59.9 Å². The standard InChI is InChI=1S/C16H25N3/c1-13(2)10-17-8-5-9-18-11-14-12-19-16-7-4-3-6-15(14)16/h3-4,6-7,12-13,17-19H,5,8-11H2,1-2H3. The summed E-state index contributed by atoms with van der Waals surface area (Å²) < 4.78 is 0. The van der Waals surface area contributed by atoms with E-state index in [-0.39, 0.29) is 0 Å². The second-order valence-corrected chi connectivity index (χ2v) is 5.49. The number of H-pyrrole nitrogens is 1. The molecule has 0 aliphatic rings. The lowest BCUT2D eigenvalue weighted by Gasteiger charge is -2.07. The van der Waals surface area contributed by atoms with Crippen LogP contribution >= 0.6 is 0 Å². The Morgan fingerprint density at radius 1 is 1.11 bits per heavy atom. The van der Waals surface area contributed by atoms with Gasteiger partial charge in [0.1, 0.15) is 0 Å². The molecule has 3 nitrogen and oxygen atoms in total. The fourth-order valence-corrected chi connectivity index (χ4v) is 2.23. The van der Waals surface area contributed by atoms with E-state index in [0.717, 1.165) is 32.1 Å². The summed E-state index contributed by atoms with van der Waals surface area (Å²) in [6, 6.07) is 8.45. The first-order chi connectivity index (χ1) is 9.27. The molecule has 0 atom stereocenters. The zero-order chi connectivity index (χ0) is 13.5. The lowest BCUT2D eigenvalue weighted by Crippen LogP contribution is -2.24. The first-order valence-electron chi connectivity index (χ1n) is 7.24. The smallest absolute Gasteiger partial charge is 0.0457 e. The molecule has 0 spiro atoms. The first-order valence-corrected chi connectivity index (χ1v) is 7.24. The minimum Gasteiger partial charge on any atom is -0.361 e. The van der Waals surface area contributed by atoms with Crippen molar-refractivity contribution in [2.45, 2.75) is 26.8 Å². The van der Waals surface area contributed by atoms with Crippen LogP contribution in [0.2, 0.25) is 0 Å². The van der Waals surface area contributed by atoms with Gasteiger partial charge in [-0.3, -0.25) is 0 Å². The van der Waals surface area contributed by atoms with Gasteiger partial charge < -0.3 is 15.6 Å². The molecule has 0 bridgehead atoms. The average Bonchev–Trinajstić information content (AvgIpc) is 2.81. The van der Waals surface area contributed by atoms with Crippen LogP contribution in [-0.2, 0) is 6.54 Å². The van der Waals surface area contributed by atoms with Crippen molar-refractivity contribution in [3.05, 3.63) is 36.0 Å². The number of rotatable bonds is 8. The van der Waals surface area contributed by atoms with Crippen molar-refractivity contribution in [2.24, 2.45) is 5.92 Å². The first kappa shape index (κ1) is 14.1. The monoisotopic (exact) mass is 259 g/mol. The highest BCUT2D eigenvalue weighted by atomic mass is 14.9. The van der Waals surface area contributed by atoms with Crippen LogP contribution in [0, 0.1) is 5.92 Å². The Morgan fingerprint density at radius 3 is 2.74 bits per heavy atom. The van der Waals surface area contributed by atoms with Gasteiger partial charge in [-0.2, -0.15) is 0 Å². The summed E-state index contributed by atoms with van der Waals surface area (Å²) in [5.41, 5.74) is 2.57. The van der Waals surface area contributed by atoms with Crippen molar-refractivity contribution < 1.29 is 0 Å². The molecule has 0 fully saturated rings. The van der Waals surface area contributed by atoms with E-state index >= 15 is 0 Å². The Kier molecular flexibility index (Phi) is 5.43. The van der Waals surface area contributed by atoms with Crippen molar-refractivity contribution in [3.63, 3.8) is 0 Å². The van der Waals surface area contributed by atoms with Crippen molar-refractivity contribution in [1.29, 1.82) is 0 Å². The molecule has 1 aromatic carbocycles. The van der Waals surface area contributed by atoms with Gasteiger partial charge in [0.15, 0.2) is 0 Å². The average molecular weight is 259 g/mol. The maximum Gasteiger partial charge on any atom is 0.0457 e. The summed E-state index contributed by atoms with van der Waals surface area (Å²) in [6.45, 7) is 8.69. The fourth-order valence-electron chi connectivity index (χ4n) is 2.23. The molecule has 1 heterocycles. The third-order valence-corrected chi connectivity index (χ3v) is 3.25. The Bertz CT molecular complexity index is 487. The minimum absolute atomic E-state index is 0.735. The number of benzene rings is 1. The second kappa shape index (κ2) is 7.31. The normalized spacial score (nSPS) is 11.5. The van der Waals surface area contributed by atoms with Gasteiger partial charge in [-0.05, 0) is 43.6 Å². The minimum atomic E-state index is 0.735. The molecule has 0 saturated heterocycles. The second-order valence-electron chi connectivity index (χ2n) is 5.49. The highest BCUT2D eigenvalue weighted by Gasteiger charge is 2.01. The van der Waals surface area contributed by atoms with Gasteiger partial charge in [0.2, 0.25) is 0 Å². The number of nitrogens with one attached hydrogen (secondary N) is 3. The van der Waals surface area contributed by atoms with Crippen LogP contribution in [0.5, 0.6) is 0 Å². The highest BCUT2D eigenvalue weighted by molar-refractivity contribution is 5.82. The SMILES string of the molecule is CC(C)CNCCCNCc1c[nH]c2ccccc12. The molecule has 2 aromatic rings. The van der Waals surface area contributed by atoms with Gasteiger partial charge >= 0.3 is 0 Å². The summed E-state index contributed by atoms with van der Waals surface area (Å²) in [4.78, 5) is 3.31. The van der Waals surface area contributed by atoms with Gasteiger partial charge in [-0.15, -0.1) is 0 Å². The fraction of sp³-hybridized carbons (Fsp3) is 0.500. The molecule has 0 aliphatic carbocycles. The van der Waals surface area contributed by atoms with Crippen molar-refractivity contribution in [2.75, 3.05) is 19.6 Å². The maximum atomic E-state index is 3.51. The van der Waals surface area contributed by atoms with E-state index in [9.17, 15) is 0 Å². The van der Waals surface area contributed by atoms with Crippen LogP contribution in [0.1, 0.15) is 25.8 Å². The lowest BCUT2D eigenvalue weighted by atomic mass is 10.2. The summed E-state index contributed by atoms with van der Waals surface area (Å²) in [5.74, 6) is 0.735. The molecule has 2 rings (SSSR count). The topological polar surface area (TPSA) is 39.8 Å². The molecule has 0 aliphatic heterocycles. The number of fused-ring (bicyclic) bond motifs is 1. The Hall–Kier alpha value is -1.32. The largest absolute Gasteiger partial charge is 0.361 e. The van der Waals surface area contributed by atoms with Gasteiger partial charge in [0, 0.05) is 23.6 Å². The summed E-state index contributed by atoms with van der Waals surface area (Å²) in [6.07, 6.45) is 3.28. The predicted octanol–water partition coefficient (Wildman–Crippen LogP) is 2.89. The summed E-state index contributed by atoms with van der Waals surface area (Å²) in [5, 5.41) is 8.30. The van der Waals surface area contributed by atoms with Crippen LogP contribution < -0.4 is 10.6 Å². The van der Waals surface area contributed by atoms with Crippen LogP contribution in [0.15, 0.2) is 30.5 Å². The van der Waals surface area contributed by atoms with Crippen LogP contribution in [0.3, 0.4) is 0 Å². The Labute approximate surface area is 115 Å². The van der Waals surface area contributed by atoms with Gasteiger partial charge in [-0.1, -0.05) is 32.0 Å². The van der Waals surface area contributed by atoms with Crippen molar-refractivity contribution in [3.8, 4) is 0 Å². The van der Waals surface area contributed by atoms with Crippen LogP contribution in [0.25, 0.3) is 10.9 Å². The molecular weight excluding hydrogens is 234 g/mol. The number of para-hydroxylation sites is 1. The lowest BCUT2D eigenvalue weighted by molar-refractivity contribution is 0.530. The quantitative estimate of drug-likeness (QED) is 0.638. The van der Waals surface area contributed by atoms with E-state index in [1.54, 1.807) is 0 Å². The van der Waals surface area contributed by atoms with Crippen LogP contribution in [0.4, 0.5) is 0 Å². The molecule has 0 amide bonds. The van der Waals surface area contributed by atoms with E-state index < -0.39 is 0 Å². The zero-order valence-corrected chi connectivity index (χ0v) is 12.0. The Morgan fingerprint density at radius 2 is 1.89 bits per heavy atom. The van der Waals surface area contributed by atoms with Gasteiger partial charge in [0.05, 0.1) is 0 Å². The third-order valence-electron chi connectivity index (χ3n) is 3.25. The van der Waals surface area contributed by atoms with E-state index in [0.29, 0.717) is 0 Å². The van der Waals surface area contributed by atoms with Crippen molar-refractivity contribution in [1.82, 2.24) is 15.6 Å².